The molecule has 2 aromatic carbocycles. The second kappa shape index (κ2) is 9.89. The summed E-state index contributed by atoms with van der Waals surface area (Å²) in [5, 5.41) is 2.97. The molecule has 1 atom stereocenters. The Morgan fingerprint density at radius 2 is 1.45 bits per heavy atom. The molecule has 0 bridgehead atoms. The predicted molar refractivity (Wildman–Crippen MR) is 120 cm³/mol. The van der Waals surface area contributed by atoms with Crippen LogP contribution in [0.5, 0.6) is 0 Å². The number of anilines is 1. The lowest BCUT2D eigenvalue weighted by atomic mass is 10.0. The zero-order valence-electron chi connectivity index (χ0n) is 17.4. The number of aromatic amines is 1. The van der Waals surface area contributed by atoms with Crippen LogP contribution in [0, 0.1) is 0 Å². The molecule has 0 aliphatic carbocycles. The quantitative estimate of drug-likeness (QED) is 0.671. The lowest BCUT2D eigenvalue weighted by molar-refractivity contribution is -0.377. The summed E-state index contributed by atoms with van der Waals surface area (Å²) in [6.45, 7) is 2.79. The molecule has 1 aromatic heterocycles. The Hall–Kier alpha value is -3.67. The molecule has 2 heterocycles. The zero-order chi connectivity index (χ0) is 21.5. The maximum Gasteiger partial charge on any atom is 0.251 e. The van der Waals surface area contributed by atoms with Gasteiger partial charge < -0.3 is 15.1 Å². The molecule has 1 saturated heterocycles. The van der Waals surface area contributed by atoms with Crippen LogP contribution in [0.25, 0.3) is 0 Å². The average molecular weight is 416 g/mol. The molecular formula is C25H27N4O2+. The fourth-order valence-electron chi connectivity index (χ4n) is 3.88. The van der Waals surface area contributed by atoms with Crippen molar-refractivity contribution >= 4 is 17.5 Å². The lowest BCUT2D eigenvalue weighted by Crippen LogP contribution is -2.55. The molecular weight excluding hydrogens is 388 g/mol. The van der Waals surface area contributed by atoms with Gasteiger partial charge in [0, 0.05) is 56.0 Å². The van der Waals surface area contributed by atoms with E-state index in [1.165, 1.54) is 0 Å². The van der Waals surface area contributed by atoms with Crippen molar-refractivity contribution in [2.24, 2.45) is 0 Å². The van der Waals surface area contributed by atoms with E-state index in [0.717, 1.165) is 24.3 Å². The number of nitrogens with one attached hydrogen (secondary N) is 2. The van der Waals surface area contributed by atoms with Crippen LogP contribution in [-0.4, -0.2) is 48.9 Å². The van der Waals surface area contributed by atoms with E-state index in [4.69, 9.17) is 0 Å². The number of rotatable bonds is 6. The van der Waals surface area contributed by atoms with Crippen molar-refractivity contribution < 1.29 is 14.6 Å². The first kappa shape index (κ1) is 20.6. The minimum atomic E-state index is -0.604. The number of carbonyl (C=O) groups excluding carboxylic acids is 2. The normalized spacial score (nSPS) is 14.7. The Balaban J connectivity index is 1.45. The van der Waals surface area contributed by atoms with Gasteiger partial charge in [-0.15, -0.1) is 0 Å². The van der Waals surface area contributed by atoms with Crippen LogP contribution >= 0.6 is 0 Å². The highest BCUT2D eigenvalue weighted by atomic mass is 16.2. The third-order valence-corrected chi connectivity index (χ3v) is 5.58. The van der Waals surface area contributed by atoms with Crippen LogP contribution in [0.3, 0.4) is 0 Å². The Labute approximate surface area is 182 Å². The van der Waals surface area contributed by atoms with Gasteiger partial charge in [-0.25, -0.2) is 4.98 Å². The Morgan fingerprint density at radius 1 is 0.839 bits per heavy atom. The van der Waals surface area contributed by atoms with Gasteiger partial charge in [0.25, 0.3) is 5.91 Å². The number of benzene rings is 2. The van der Waals surface area contributed by atoms with Crippen LogP contribution in [0.15, 0.2) is 85.2 Å². The van der Waals surface area contributed by atoms with Gasteiger partial charge in [0.15, 0.2) is 12.4 Å². The molecule has 1 aliphatic heterocycles. The molecule has 0 saturated carbocycles. The van der Waals surface area contributed by atoms with Crippen molar-refractivity contribution in [1.82, 2.24) is 10.2 Å². The third-order valence-electron chi connectivity index (χ3n) is 5.58. The first-order valence-corrected chi connectivity index (χ1v) is 10.6. The summed E-state index contributed by atoms with van der Waals surface area (Å²) in [6, 6.07) is 22.3. The van der Waals surface area contributed by atoms with Crippen LogP contribution in [-0.2, 0) is 11.2 Å². The van der Waals surface area contributed by atoms with Crippen molar-refractivity contribution in [3.05, 3.63) is 96.3 Å². The molecule has 4 rings (SSSR count). The topological polar surface area (TPSA) is 66.8 Å². The summed E-state index contributed by atoms with van der Waals surface area (Å²) in [6.07, 6.45) is 4.27. The van der Waals surface area contributed by atoms with Crippen LogP contribution in [0.4, 0.5) is 5.69 Å². The summed E-state index contributed by atoms with van der Waals surface area (Å²) in [5.74, 6) is -0.261. The molecule has 1 aliphatic rings. The minimum absolute atomic E-state index is 0.0332. The Kier molecular flexibility index (Phi) is 6.57. The van der Waals surface area contributed by atoms with Crippen molar-refractivity contribution in [3.63, 3.8) is 0 Å². The van der Waals surface area contributed by atoms with Gasteiger partial charge in [-0.3, -0.25) is 9.59 Å². The highest BCUT2D eigenvalue weighted by molar-refractivity contribution is 5.97. The fourth-order valence-corrected chi connectivity index (χ4v) is 3.88. The summed E-state index contributed by atoms with van der Waals surface area (Å²) < 4.78 is 0. The highest BCUT2D eigenvalue weighted by Crippen LogP contribution is 2.16. The summed E-state index contributed by atoms with van der Waals surface area (Å²) in [5.41, 5.74) is 2.72. The van der Waals surface area contributed by atoms with E-state index in [1.807, 2.05) is 78.0 Å². The van der Waals surface area contributed by atoms with E-state index in [-0.39, 0.29) is 11.8 Å². The molecule has 6 nitrogen and oxygen atoms in total. The van der Waals surface area contributed by atoms with Crippen LogP contribution < -0.4 is 15.2 Å². The third kappa shape index (κ3) is 5.28. The molecule has 2 N–H and O–H groups in total. The van der Waals surface area contributed by atoms with Gasteiger partial charge in [-0.05, 0) is 17.7 Å². The van der Waals surface area contributed by atoms with Gasteiger partial charge in [0.05, 0.1) is 0 Å². The number of nitrogens with zero attached hydrogens (tertiary/aromatic N) is 2. The van der Waals surface area contributed by atoms with Crippen molar-refractivity contribution in [3.8, 4) is 0 Å². The van der Waals surface area contributed by atoms with E-state index < -0.39 is 6.04 Å². The maximum absolute atomic E-state index is 13.4. The van der Waals surface area contributed by atoms with Crippen LogP contribution in [0.2, 0.25) is 0 Å². The molecule has 0 spiro atoms. The Morgan fingerprint density at radius 3 is 2.10 bits per heavy atom. The van der Waals surface area contributed by atoms with Gasteiger partial charge in [0.2, 0.25) is 5.91 Å². The molecule has 3 aromatic rings. The van der Waals surface area contributed by atoms with E-state index in [9.17, 15) is 9.59 Å². The number of amides is 2. The molecule has 1 fully saturated rings. The van der Waals surface area contributed by atoms with Gasteiger partial charge in [-0.1, -0.05) is 48.5 Å². The molecule has 0 unspecified atom stereocenters. The smallest absolute Gasteiger partial charge is 0.251 e. The number of carbonyl (C=O) groups is 2. The van der Waals surface area contributed by atoms with E-state index in [2.05, 4.69) is 15.2 Å². The molecule has 31 heavy (non-hydrogen) atoms. The molecule has 0 radical (unpaired) electrons. The van der Waals surface area contributed by atoms with Gasteiger partial charge >= 0.3 is 0 Å². The highest BCUT2D eigenvalue weighted by Gasteiger charge is 2.29. The second-order valence-corrected chi connectivity index (χ2v) is 7.65. The number of piperazine rings is 1. The van der Waals surface area contributed by atoms with Crippen LogP contribution in [0.1, 0.15) is 15.9 Å². The zero-order valence-corrected chi connectivity index (χ0v) is 17.4. The first-order valence-electron chi connectivity index (χ1n) is 10.6. The van der Waals surface area contributed by atoms with Crippen molar-refractivity contribution in [2.75, 3.05) is 31.1 Å². The van der Waals surface area contributed by atoms with Crippen molar-refractivity contribution in [1.29, 1.82) is 0 Å². The standard InChI is InChI=1S/C25H26N4O2/c30-24(21-9-5-2-6-10-21)27-23(19-20-7-3-1-4-8-20)25(31)29-17-15-28(16-18-29)22-11-13-26-14-12-22/h1-14,23H,15-19H2,(H,27,30)/p+1/t23-/m0/s1. The number of hydrogen-bond donors (Lipinski definition) is 1. The lowest BCUT2D eigenvalue weighted by Gasteiger charge is -2.37. The number of H-pyrrole nitrogens is 1. The Bertz CT molecular complexity index is 988. The molecule has 6 heteroatoms. The number of hydrogen-bond acceptors (Lipinski definition) is 3. The summed E-state index contributed by atoms with van der Waals surface area (Å²) >= 11 is 0. The largest absolute Gasteiger partial charge is 0.368 e. The first-order chi connectivity index (χ1) is 15.2. The fraction of sp³-hybridized carbons (Fsp3) is 0.240. The van der Waals surface area contributed by atoms with E-state index in [0.29, 0.717) is 25.1 Å². The van der Waals surface area contributed by atoms with E-state index >= 15 is 0 Å². The summed E-state index contributed by atoms with van der Waals surface area (Å²) in [7, 11) is 0. The SMILES string of the molecule is O=C(N[C@@H](Cc1ccccc1)C(=O)N1CCN(c2cc[nH+]cc2)CC1)c1ccccc1. The molecule has 2 amide bonds. The van der Waals surface area contributed by atoms with Gasteiger partial charge in [-0.2, -0.15) is 0 Å². The second-order valence-electron chi connectivity index (χ2n) is 7.65. The monoisotopic (exact) mass is 415 g/mol. The maximum atomic E-state index is 13.4. The number of aromatic nitrogens is 1. The average Bonchev–Trinajstić information content (AvgIpc) is 2.85. The van der Waals surface area contributed by atoms with Gasteiger partial charge in [0.1, 0.15) is 6.04 Å². The van der Waals surface area contributed by atoms with Crippen molar-refractivity contribution in [2.45, 2.75) is 12.5 Å². The van der Waals surface area contributed by atoms with E-state index in [1.54, 1.807) is 12.1 Å². The predicted octanol–water partition coefficient (Wildman–Crippen LogP) is 2.19. The number of pyridine rings is 1. The minimum Gasteiger partial charge on any atom is -0.368 e. The summed E-state index contributed by atoms with van der Waals surface area (Å²) in [4.78, 5) is 33.3. The molecule has 158 valence electrons.